The second kappa shape index (κ2) is 67.6. The predicted octanol–water partition coefficient (Wildman–Crippen LogP) is 23.9. The van der Waals surface area contributed by atoms with Crippen molar-refractivity contribution in [1.29, 1.82) is 0 Å². The molecule has 0 saturated heterocycles. The third-order valence-corrected chi connectivity index (χ3v) is 15.5. The Kier molecular flexibility index (Phi) is 65.1. The molecule has 0 aromatic rings. The SMILES string of the molecule is CCCCCCC/C=C\C/C=C\C/C=C\CCCCCCCCCCC(=O)OCC(COC(=O)CCCCCCCCCCC/C=C\CCCCCCCC)OC(=O)CCCCCCCCCCC/C=C\CCCCCCCC. The van der Waals surface area contributed by atoms with Gasteiger partial charge in [-0.3, -0.25) is 14.4 Å². The van der Waals surface area contributed by atoms with Crippen molar-refractivity contribution in [3.63, 3.8) is 0 Å². The van der Waals surface area contributed by atoms with Crippen LogP contribution in [0, 0.1) is 0 Å². The van der Waals surface area contributed by atoms with Gasteiger partial charge in [0.2, 0.25) is 0 Å². The van der Waals surface area contributed by atoms with Crippen molar-refractivity contribution in [2.75, 3.05) is 13.2 Å². The molecule has 0 aliphatic rings. The second-order valence-corrected chi connectivity index (χ2v) is 23.4. The average molecular weight is 1110 g/mol. The summed E-state index contributed by atoms with van der Waals surface area (Å²) in [5.41, 5.74) is 0. The molecule has 1 unspecified atom stereocenters. The molecule has 6 nitrogen and oxygen atoms in total. The minimum Gasteiger partial charge on any atom is -0.462 e. The summed E-state index contributed by atoms with van der Waals surface area (Å²) in [6, 6.07) is 0. The number of carbonyl (C=O) groups excluding carboxylic acids is 3. The fraction of sp³-hybridized carbons (Fsp3) is 0.822. The molecule has 0 aromatic carbocycles. The van der Waals surface area contributed by atoms with Gasteiger partial charge in [-0.1, -0.05) is 300 Å². The maximum Gasteiger partial charge on any atom is 0.306 e. The number of rotatable bonds is 64. The van der Waals surface area contributed by atoms with Crippen molar-refractivity contribution in [2.45, 2.75) is 374 Å². The van der Waals surface area contributed by atoms with Crippen molar-refractivity contribution >= 4 is 17.9 Å². The predicted molar refractivity (Wildman–Crippen MR) is 344 cm³/mol. The van der Waals surface area contributed by atoms with Gasteiger partial charge in [-0.15, -0.1) is 0 Å². The Morgan fingerprint density at radius 2 is 0.456 bits per heavy atom. The maximum atomic E-state index is 13.0. The second-order valence-electron chi connectivity index (χ2n) is 23.4. The van der Waals surface area contributed by atoms with Crippen molar-refractivity contribution < 1.29 is 28.6 Å². The van der Waals surface area contributed by atoms with Crippen LogP contribution in [-0.2, 0) is 28.6 Å². The van der Waals surface area contributed by atoms with Gasteiger partial charge in [0.15, 0.2) is 6.10 Å². The van der Waals surface area contributed by atoms with Crippen LogP contribution in [0.5, 0.6) is 0 Å². The molecule has 1 atom stereocenters. The van der Waals surface area contributed by atoms with Crippen LogP contribution in [0.4, 0.5) is 0 Å². The Morgan fingerprint density at radius 1 is 0.253 bits per heavy atom. The van der Waals surface area contributed by atoms with Gasteiger partial charge in [-0.05, 0) is 109 Å². The highest BCUT2D eigenvalue weighted by Crippen LogP contribution is 2.17. The van der Waals surface area contributed by atoms with Gasteiger partial charge in [-0.25, -0.2) is 0 Å². The highest BCUT2D eigenvalue weighted by atomic mass is 16.6. The van der Waals surface area contributed by atoms with Crippen molar-refractivity contribution in [3.8, 4) is 0 Å². The molecule has 0 fully saturated rings. The molecule has 0 heterocycles. The van der Waals surface area contributed by atoms with E-state index in [1.54, 1.807) is 0 Å². The molecule has 0 radical (unpaired) electrons. The van der Waals surface area contributed by atoms with E-state index in [1.165, 1.54) is 250 Å². The van der Waals surface area contributed by atoms with Crippen LogP contribution in [0.3, 0.4) is 0 Å². The van der Waals surface area contributed by atoms with Gasteiger partial charge in [0.05, 0.1) is 0 Å². The standard InChI is InChI=1S/C73H132O6/c1-4-7-10-13-16-19-22-25-28-31-34-35-36-37-40-42-45-48-51-54-57-60-63-66-72(75)78-69-70(79-73(76)67-64-61-58-55-52-49-46-43-39-33-30-27-24-21-18-15-12-9-6-3)68-77-71(74)65-62-59-56-53-50-47-44-41-38-32-29-26-23-20-17-14-11-8-5-2/h22,25-27,29-31,34,36-37,70H,4-21,23-24,28,32-33,35,38-69H2,1-3H3/b25-22-,29-26-,30-27-,34-31-,37-36-. The molecule has 79 heavy (non-hydrogen) atoms. The first-order valence-corrected chi connectivity index (χ1v) is 34.8. The van der Waals surface area contributed by atoms with Crippen molar-refractivity contribution in [2.24, 2.45) is 0 Å². The van der Waals surface area contributed by atoms with Crippen LogP contribution < -0.4 is 0 Å². The minimum absolute atomic E-state index is 0.0761. The summed E-state index contributed by atoms with van der Waals surface area (Å²) in [4.78, 5) is 38.5. The minimum atomic E-state index is -0.781. The number of allylic oxidation sites excluding steroid dienone is 10. The third-order valence-electron chi connectivity index (χ3n) is 15.5. The molecule has 0 aliphatic carbocycles. The van der Waals surface area contributed by atoms with Gasteiger partial charge in [0, 0.05) is 19.3 Å². The number of esters is 3. The zero-order valence-electron chi connectivity index (χ0n) is 52.9. The number of unbranched alkanes of at least 4 members (excludes halogenated alkanes) is 43. The molecule has 6 heteroatoms. The van der Waals surface area contributed by atoms with Crippen LogP contribution in [-0.4, -0.2) is 37.2 Å². The smallest absolute Gasteiger partial charge is 0.306 e. The molecule has 0 aromatic heterocycles. The molecule has 0 rings (SSSR count). The summed E-state index contributed by atoms with van der Waals surface area (Å²) in [6.45, 7) is 6.67. The van der Waals surface area contributed by atoms with Crippen LogP contribution in [0.1, 0.15) is 367 Å². The van der Waals surface area contributed by atoms with Crippen LogP contribution in [0.2, 0.25) is 0 Å². The molecule has 460 valence electrons. The Bertz CT molecular complexity index is 1410. The molecular formula is C73H132O6. The number of hydrogen-bond donors (Lipinski definition) is 0. The van der Waals surface area contributed by atoms with E-state index < -0.39 is 6.10 Å². The van der Waals surface area contributed by atoms with Gasteiger partial charge in [-0.2, -0.15) is 0 Å². The Morgan fingerprint density at radius 3 is 0.722 bits per heavy atom. The summed E-state index contributed by atoms with van der Waals surface area (Å²) in [5, 5.41) is 0. The molecular weight excluding hydrogens is 973 g/mol. The topological polar surface area (TPSA) is 78.9 Å². The van der Waals surface area contributed by atoms with Crippen LogP contribution in [0.25, 0.3) is 0 Å². The molecule has 0 N–H and O–H groups in total. The molecule has 0 spiro atoms. The van der Waals surface area contributed by atoms with Gasteiger partial charge >= 0.3 is 17.9 Å². The number of carbonyl (C=O) groups is 3. The highest BCUT2D eigenvalue weighted by Gasteiger charge is 2.19. The lowest BCUT2D eigenvalue weighted by Crippen LogP contribution is -2.30. The van der Waals surface area contributed by atoms with Crippen molar-refractivity contribution in [1.82, 2.24) is 0 Å². The van der Waals surface area contributed by atoms with E-state index in [9.17, 15) is 14.4 Å². The Hall–Kier alpha value is -2.89. The molecule has 0 saturated carbocycles. The summed E-state index contributed by atoms with van der Waals surface area (Å²) in [6.07, 6.45) is 86.6. The van der Waals surface area contributed by atoms with Crippen LogP contribution >= 0.6 is 0 Å². The highest BCUT2D eigenvalue weighted by molar-refractivity contribution is 5.71. The first-order chi connectivity index (χ1) is 39.0. The first kappa shape index (κ1) is 76.1. The van der Waals surface area contributed by atoms with E-state index in [2.05, 4.69) is 81.5 Å². The molecule has 0 bridgehead atoms. The lowest BCUT2D eigenvalue weighted by Gasteiger charge is -2.18. The van der Waals surface area contributed by atoms with E-state index >= 15 is 0 Å². The third kappa shape index (κ3) is 65.8. The van der Waals surface area contributed by atoms with E-state index in [1.807, 2.05) is 0 Å². The molecule has 0 aliphatic heterocycles. The maximum absolute atomic E-state index is 13.0. The summed E-state index contributed by atoms with van der Waals surface area (Å²) >= 11 is 0. The summed E-state index contributed by atoms with van der Waals surface area (Å²) in [7, 11) is 0. The van der Waals surface area contributed by atoms with E-state index in [0.717, 1.165) is 77.0 Å². The largest absolute Gasteiger partial charge is 0.462 e. The Labute approximate surface area is 491 Å². The fourth-order valence-electron chi connectivity index (χ4n) is 10.2. The average Bonchev–Trinajstić information content (AvgIpc) is 3.45. The first-order valence-electron chi connectivity index (χ1n) is 34.8. The van der Waals surface area contributed by atoms with Gasteiger partial charge in [0.25, 0.3) is 0 Å². The van der Waals surface area contributed by atoms with Gasteiger partial charge < -0.3 is 14.2 Å². The zero-order chi connectivity index (χ0) is 57.1. The van der Waals surface area contributed by atoms with E-state index in [0.29, 0.717) is 19.3 Å². The number of ether oxygens (including phenoxy) is 3. The normalized spacial score (nSPS) is 12.4. The molecule has 0 amide bonds. The van der Waals surface area contributed by atoms with E-state index in [-0.39, 0.29) is 31.1 Å². The summed E-state index contributed by atoms with van der Waals surface area (Å²) in [5.74, 6) is -0.865. The van der Waals surface area contributed by atoms with Crippen LogP contribution in [0.15, 0.2) is 60.8 Å². The Balaban J connectivity index is 4.36. The van der Waals surface area contributed by atoms with Gasteiger partial charge in [0.1, 0.15) is 13.2 Å². The number of hydrogen-bond acceptors (Lipinski definition) is 6. The fourth-order valence-corrected chi connectivity index (χ4v) is 10.2. The lowest BCUT2D eigenvalue weighted by molar-refractivity contribution is -0.167. The summed E-state index contributed by atoms with van der Waals surface area (Å²) < 4.78 is 17.0. The van der Waals surface area contributed by atoms with Crippen molar-refractivity contribution in [3.05, 3.63) is 60.8 Å². The lowest BCUT2D eigenvalue weighted by atomic mass is 10.1. The quantitative estimate of drug-likeness (QED) is 0.0261. The van der Waals surface area contributed by atoms with E-state index in [4.69, 9.17) is 14.2 Å². The zero-order valence-corrected chi connectivity index (χ0v) is 52.9. The monoisotopic (exact) mass is 1110 g/mol.